The molecule has 1 amide bonds. The highest BCUT2D eigenvalue weighted by atomic mass is 32.2. The molecule has 0 aliphatic carbocycles. The van der Waals surface area contributed by atoms with Gasteiger partial charge in [-0.3, -0.25) is 18.9 Å². The van der Waals surface area contributed by atoms with Crippen LogP contribution < -0.4 is 14.9 Å². The van der Waals surface area contributed by atoms with Crippen molar-refractivity contribution >= 4 is 43.2 Å². The molecule has 0 saturated carbocycles. The molecule has 160 valence electrons. The summed E-state index contributed by atoms with van der Waals surface area (Å²) in [6.07, 6.45) is 0. The van der Waals surface area contributed by atoms with E-state index in [0.717, 1.165) is 11.3 Å². The van der Waals surface area contributed by atoms with Gasteiger partial charge in [0.2, 0.25) is 0 Å². The van der Waals surface area contributed by atoms with E-state index in [1.54, 1.807) is 34.9 Å². The first-order chi connectivity index (χ1) is 14.1. The van der Waals surface area contributed by atoms with Gasteiger partial charge in [-0.25, -0.2) is 8.42 Å². The average molecular weight is 448 g/mol. The van der Waals surface area contributed by atoms with Crippen molar-refractivity contribution in [3.8, 4) is 0 Å². The molecular weight excluding hydrogens is 422 g/mol. The molecule has 3 rings (SSSR count). The molecule has 0 atom stereocenters. The summed E-state index contributed by atoms with van der Waals surface area (Å²) in [5.41, 5.74) is 1.15. The summed E-state index contributed by atoms with van der Waals surface area (Å²) < 4.78 is 30.7. The zero-order valence-electron chi connectivity index (χ0n) is 17.3. The molecule has 0 aliphatic heterocycles. The van der Waals surface area contributed by atoms with Gasteiger partial charge in [-0.2, -0.15) is 0 Å². The van der Waals surface area contributed by atoms with Crippen LogP contribution in [0, 0.1) is 5.92 Å². The molecule has 0 unspecified atom stereocenters. The molecule has 3 aromatic rings. The van der Waals surface area contributed by atoms with Gasteiger partial charge in [-0.15, -0.1) is 0 Å². The number of rotatable bonds is 7. The number of carbonyl (C=O) groups is 1. The highest BCUT2D eigenvalue weighted by Crippen LogP contribution is 2.26. The minimum absolute atomic E-state index is 0.0249. The summed E-state index contributed by atoms with van der Waals surface area (Å²) in [4.78, 5) is 24.6. The van der Waals surface area contributed by atoms with E-state index in [9.17, 15) is 18.0 Å². The van der Waals surface area contributed by atoms with Crippen molar-refractivity contribution in [3.63, 3.8) is 0 Å². The molecule has 1 heterocycles. The van der Waals surface area contributed by atoms with Crippen LogP contribution in [-0.2, 0) is 10.0 Å². The first kappa shape index (κ1) is 22.0. The number of hydrogen-bond donors (Lipinski definition) is 2. The summed E-state index contributed by atoms with van der Waals surface area (Å²) in [5, 5.41) is 2.80. The Bertz CT molecular complexity index is 1240. The van der Waals surface area contributed by atoms with Gasteiger partial charge in [0, 0.05) is 12.6 Å². The fraction of sp³-hybridized carbons (Fsp3) is 0.333. The smallest absolute Gasteiger partial charge is 0.308 e. The normalized spacial score (nSPS) is 11.9. The van der Waals surface area contributed by atoms with Crippen molar-refractivity contribution in [1.29, 1.82) is 0 Å². The van der Waals surface area contributed by atoms with Gasteiger partial charge in [0.1, 0.15) is 0 Å². The average Bonchev–Trinajstić information content (AvgIpc) is 3.01. The van der Waals surface area contributed by atoms with Crippen LogP contribution in [-0.4, -0.2) is 25.4 Å². The molecule has 2 aromatic carbocycles. The van der Waals surface area contributed by atoms with Crippen LogP contribution in [0.4, 0.5) is 5.69 Å². The van der Waals surface area contributed by atoms with Gasteiger partial charge >= 0.3 is 4.87 Å². The third kappa shape index (κ3) is 4.57. The number of hydrogen-bond acceptors (Lipinski definition) is 5. The fourth-order valence-corrected chi connectivity index (χ4v) is 5.27. The number of benzene rings is 2. The Balaban J connectivity index is 1.94. The molecule has 0 bridgehead atoms. The van der Waals surface area contributed by atoms with Crippen molar-refractivity contribution in [2.45, 2.75) is 38.6 Å². The van der Waals surface area contributed by atoms with E-state index < -0.39 is 10.0 Å². The summed E-state index contributed by atoms with van der Waals surface area (Å²) in [6, 6.07) is 11.0. The second-order valence-electron chi connectivity index (χ2n) is 7.72. The maximum Gasteiger partial charge on any atom is 0.308 e. The Hall–Kier alpha value is -2.65. The van der Waals surface area contributed by atoms with Crippen LogP contribution in [0.25, 0.3) is 10.2 Å². The van der Waals surface area contributed by atoms with E-state index in [2.05, 4.69) is 10.0 Å². The summed E-state index contributed by atoms with van der Waals surface area (Å²) >= 11 is 1.01. The lowest BCUT2D eigenvalue weighted by molar-refractivity contribution is 0.0950. The van der Waals surface area contributed by atoms with Gasteiger partial charge < -0.3 is 5.32 Å². The standard InChI is InChI=1S/C21H25N3O4S2/c1-13(2)12-22-20(25)16-7-5-6-8-17(16)23-30(27,28)15-9-10-18-19(11-15)29-21(26)24(18)14(3)4/h5-11,13-14,23H,12H2,1-4H3,(H,22,25). The van der Waals surface area contributed by atoms with Crippen molar-refractivity contribution < 1.29 is 13.2 Å². The topological polar surface area (TPSA) is 97.3 Å². The van der Waals surface area contributed by atoms with Gasteiger partial charge in [0.05, 0.1) is 26.4 Å². The van der Waals surface area contributed by atoms with Crippen molar-refractivity contribution in [1.82, 2.24) is 9.88 Å². The lowest BCUT2D eigenvalue weighted by Crippen LogP contribution is -2.28. The van der Waals surface area contributed by atoms with E-state index in [4.69, 9.17) is 0 Å². The molecule has 0 aliphatic rings. The Morgan fingerprint density at radius 2 is 1.80 bits per heavy atom. The molecule has 2 N–H and O–H groups in total. The number of fused-ring (bicyclic) bond motifs is 1. The van der Waals surface area contributed by atoms with Crippen LogP contribution in [0.15, 0.2) is 52.2 Å². The molecule has 9 heteroatoms. The molecule has 0 radical (unpaired) electrons. The van der Waals surface area contributed by atoms with Crippen LogP contribution >= 0.6 is 11.3 Å². The number of anilines is 1. The lowest BCUT2D eigenvalue weighted by Gasteiger charge is -2.14. The van der Waals surface area contributed by atoms with Crippen molar-refractivity contribution in [2.24, 2.45) is 5.92 Å². The number of para-hydroxylation sites is 1. The largest absolute Gasteiger partial charge is 0.352 e. The van der Waals surface area contributed by atoms with Crippen LogP contribution in [0.2, 0.25) is 0 Å². The number of nitrogens with one attached hydrogen (secondary N) is 2. The maximum absolute atomic E-state index is 13.0. The van der Waals surface area contributed by atoms with E-state index in [-0.39, 0.29) is 38.9 Å². The molecule has 1 aromatic heterocycles. The third-order valence-corrected chi connectivity index (χ3v) is 6.78. The minimum Gasteiger partial charge on any atom is -0.352 e. The minimum atomic E-state index is -3.95. The zero-order valence-corrected chi connectivity index (χ0v) is 18.9. The van der Waals surface area contributed by atoms with E-state index in [1.807, 2.05) is 27.7 Å². The van der Waals surface area contributed by atoms with Gasteiger partial charge in [-0.1, -0.05) is 37.3 Å². The Kier molecular flexibility index (Phi) is 6.33. The number of carbonyl (C=O) groups excluding carboxylic acids is 1. The molecule has 0 spiro atoms. The van der Waals surface area contributed by atoms with Crippen molar-refractivity contribution in [3.05, 3.63) is 57.7 Å². The molecule has 0 saturated heterocycles. The summed E-state index contributed by atoms with van der Waals surface area (Å²) in [7, 11) is -3.95. The number of aromatic nitrogens is 1. The zero-order chi connectivity index (χ0) is 22.1. The number of amides is 1. The first-order valence-corrected chi connectivity index (χ1v) is 11.9. The highest BCUT2D eigenvalue weighted by Gasteiger charge is 2.20. The lowest BCUT2D eigenvalue weighted by atomic mass is 10.1. The second-order valence-corrected chi connectivity index (χ2v) is 10.4. The predicted molar refractivity (Wildman–Crippen MR) is 121 cm³/mol. The Labute approximate surface area is 179 Å². The van der Waals surface area contributed by atoms with Gasteiger partial charge in [-0.05, 0) is 50.1 Å². The predicted octanol–water partition coefficient (Wildman–Crippen LogP) is 3.83. The van der Waals surface area contributed by atoms with E-state index in [0.29, 0.717) is 16.8 Å². The number of thiazole rings is 1. The van der Waals surface area contributed by atoms with Crippen LogP contribution in [0.3, 0.4) is 0 Å². The van der Waals surface area contributed by atoms with Gasteiger partial charge in [0.25, 0.3) is 15.9 Å². The highest BCUT2D eigenvalue weighted by molar-refractivity contribution is 7.92. The summed E-state index contributed by atoms with van der Waals surface area (Å²) in [5.74, 6) is -0.0699. The van der Waals surface area contributed by atoms with Crippen LogP contribution in [0.5, 0.6) is 0 Å². The maximum atomic E-state index is 13.0. The SMILES string of the molecule is CC(C)CNC(=O)c1ccccc1NS(=O)(=O)c1ccc2c(c1)sc(=O)n2C(C)C. The fourth-order valence-electron chi connectivity index (χ4n) is 3.04. The second kappa shape index (κ2) is 8.61. The number of sulfonamides is 1. The Morgan fingerprint density at radius 3 is 2.47 bits per heavy atom. The van der Waals surface area contributed by atoms with Crippen molar-refractivity contribution in [2.75, 3.05) is 11.3 Å². The van der Waals surface area contributed by atoms with E-state index >= 15 is 0 Å². The third-order valence-electron chi connectivity index (χ3n) is 4.50. The number of nitrogens with zero attached hydrogens (tertiary/aromatic N) is 1. The molecule has 30 heavy (non-hydrogen) atoms. The first-order valence-electron chi connectivity index (χ1n) is 9.65. The Morgan fingerprint density at radius 1 is 1.10 bits per heavy atom. The molecular formula is C21H25N3O4S2. The summed E-state index contributed by atoms with van der Waals surface area (Å²) in [6.45, 7) is 8.25. The quantitative estimate of drug-likeness (QED) is 0.575. The van der Waals surface area contributed by atoms with E-state index in [1.165, 1.54) is 12.1 Å². The molecule has 0 fully saturated rings. The molecule has 7 nitrogen and oxygen atoms in total. The van der Waals surface area contributed by atoms with Crippen LogP contribution in [0.1, 0.15) is 44.1 Å². The van der Waals surface area contributed by atoms with Gasteiger partial charge in [0.15, 0.2) is 0 Å². The monoisotopic (exact) mass is 447 g/mol.